The Hall–Kier alpha value is -0.990. The smallest absolute Gasteiger partial charge is 0.335 e. The third-order valence-corrected chi connectivity index (χ3v) is 5.26. The molecule has 2 heterocycles. The number of hydrogen-bond acceptors (Lipinski definition) is 5. The van der Waals surface area contributed by atoms with Crippen molar-refractivity contribution in [2.45, 2.75) is 24.8 Å². The average molecular weight is 289 g/mol. The molecule has 0 aromatic carbocycles. The number of carbonyl (C=O) groups is 3. The molecule has 0 radical (unpaired) electrons. The fourth-order valence-electron chi connectivity index (χ4n) is 1.97. The van der Waals surface area contributed by atoms with Crippen LogP contribution in [0.15, 0.2) is 11.0 Å². The molecule has 2 unspecified atom stereocenters. The Morgan fingerprint density at radius 2 is 2.33 bits per heavy atom. The normalized spacial score (nSPS) is 32.3. The average Bonchev–Trinajstić information content (AvgIpc) is 2.48. The number of β-lactam (4-membered cyclic amide) rings is 1. The van der Waals surface area contributed by atoms with Crippen LogP contribution >= 0.6 is 11.8 Å². The number of carboxylic acid groups (broad SMARTS) is 1. The van der Waals surface area contributed by atoms with Crippen molar-refractivity contribution < 1.29 is 24.0 Å². The molecule has 2 saturated heterocycles. The van der Waals surface area contributed by atoms with Crippen molar-refractivity contribution in [3.8, 4) is 0 Å². The van der Waals surface area contributed by atoms with E-state index in [1.54, 1.807) is 0 Å². The van der Waals surface area contributed by atoms with E-state index >= 15 is 0 Å². The molecule has 0 aliphatic carbocycles. The van der Waals surface area contributed by atoms with E-state index in [1.165, 1.54) is 13.0 Å². The van der Waals surface area contributed by atoms with E-state index in [2.05, 4.69) is 0 Å². The van der Waals surface area contributed by atoms with Gasteiger partial charge in [0.1, 0.15) is 0 Å². The standard InChI is InChI=1S/C10H11NO5S2/c1-5(12)17-3-2-6-9(10(14)15)11-7(13)4-8(11)18(6)16/h2,8-9H,3-4H2,1H3,(H,14,15)/b6-2-/t8-,9?,18?/m1/s1. The highest BCUT2D eigenvalue weighted by Crippen LogP contribution is 2.41. The Morgan fingerprint density at radius 3 is 2.83 bits per heavy atom. The molecular weight excluding hydrogens is 278 g/mol. The SMILES string of the molecule is CC(=O)SC/C=C1/C(C(=O)O)N2C(=O)C[C@H]2[S+]1[O-]. The predicted octanol–water partition coefficient (Wildman–Crippen LogP) is -0.0761. The van der Waals surface area contributed by atoms with E-state index in [1.807, 2.05) is 0 Å². The molecule has 1 amide bonds. The number of nitrogens with zero attached hydrogens (tertiary/aromatic N) is 1. The lowest BCUT2D eigenvalue weighted by atomic mass is 10.1. The highest BCUT2D eigenvalue weighted by molar-refractivity contribution is 8.13. The molecule has 0 aromatic rings. The van der Waals surface area contributed by atoms with Crippen LogP contribution < -0.4 is 0 Å². The molecule has 3 atom stereocenters. The number of rotatable bonds is 3. The Balaban J connectivity index is 2.19. The molecule has 18 heavy (non-hydrogen) atoms. The fourth-order valence-corrected chi connectivity index (χ4v) is 4.31. The van der Waals surface area contributed by atoms with Crippen LogP contribution in [-0.2, 0) is 25.6 Å². The fraction of sp³-hybridized carbons (Fsp3) is 0.500. The first-order chi connectivity index (χ1) is 8.43. The van der Waals surface area contributed by atoms with Crippen LogP contribution in [0.4, 0.5) is 0 Å². The molecule has 8 heteroatoms. The second-order valence-corrected chi connectivity index (χ2v) is 6.71. The Labute approximate surface area is 111 Å². The first-order valence-corrected chi connectivity index (χ1v) is 7.41. The first kappa shape index (κ1) is 13.4. The van der Waals surface area contributed by atoms with E-state index in [0.29, 0.717) is 0 Å². The quantitative estimate of drug-likeness (QED) is 0.576. The number of carbonyl (C=O) groups excluding carboxylic acids is 2. The van der Waals surface area contributed by atoms with Crippen molar-refractivity contribution in [1.29, 1.82) is 0 Å². The van der Waals surface area contributed by atoms with Gasteiger partial charge in [0.2, 0.25) is 17.3 Å². The molecule has 98 valence electrons. The highest BCUT2D eigenvalue weighted by atomic mass is 32.2. The zero-order valence-corrected chi connectivity index (χ0v) is 11.1. The Bertz CT molecular complexity index is 450. The van der Waals surface area contributed by atoms with E-state index in [0.717, 1.165) is 16.7 Å². The molecule has 2 rings (SSSR count). The van der Waals surface area contributed by atoms with Crippen molar-refractivity contribution in [1.82, 2.24) is 4.90 Å². The summed E-state index contributed by atoms with van der Waals surface area (Å²) in [4.78, 5) is 34.7. The van der Waals surface area contributed by atoms with Crippen LogP contribution in [0.5, 0.6) is 0 Å². The number of amides is 1. The summed E-state index contributed by atoms with van der Waals surface area (Å²) in [6.07, 6.45) is 1.63. The minimum absolute atomic E-state index is 0.0955. The van der Waals surface area contributed by atoms with Gasteiger partial charge in [-0.1, -0.05) is 11.8 Å². The molecule has 2 aliphatic rings. The summed E-state index contributed by atoms with van der Waals surface area (Å²) in [6, 6.07) is -1.13. The highest BCUT2D eigenvalue weighted by Gasteiger charge is 2.61. The monoisotopic (exact) mass is 289 g/mol. The van der Waals surface area contributed by atoms with Crippen molar-refractivity contribution >= 4 is 39.9 Å². The van der Waals surface area contributed by atoms with E-state index < -0.39 is 28.6 Å². The van der Waals surface area contributed by atoms with Crippen LogP contribution in [-0.4, -0.2) is 48.7 Å². The molecule has 1 N–H and O–H groups in total. The largest absolute Gasteiger partial charge is 0.610 e. The summed E-state index contributed by atoms with van der Waals surface area (Å²) in [5.74, 6) is -1.20. The minimum atomic E-state index is -1.47. The van der Waals surface area contributed by atoms with Gasteiger partial charge in [-0.2, -0.15) is 0 Å². The number of carboxylic acids is 1. The summed E-state index contributed by atoms with van der Waals surface area (Å²) in [7, 11) is 0. The summed E-state index contributed by atoms with van der Waals surface area (Å²) < 4.78 is 12.0. The van der Waals surface area contributed by atoms with Crippen LogP contribution in [0, 0.1) is 0 Å². The molecule has 2 fully saturated rings. The van der Waals surface area contributed by atoms with Gasteiger partial charge in [0, 0.05) is 23.9 Å². The third kappa shape index (κ3) is 2.15. The van der Waals surface area contributed by atoms with Crippen molar-refractivity contribution in [2.24, 2.45) is 0 Å². The number of aliphatic carboxylic acids is 1. The zero-order chi connectivity index (χ0) is 13.4. The van der Waals surface area contributed by atoms with Gasteiger partial charge in [0.05, 0.1) is 6.42 Å². The summed E-state index contributed by atoms with van der Waals surface area (Å²) in [6.45, 7) is 1.40. The predicted molar refractivity (Wildman–Crippen MR) is 66.0 cm³/mol. The molecular formula is C10H11NO5S2. The molecule has 2 aliphatic heterocycles. The van der Waals surface area contributed by atoms with Gasteiger partial charge in [0.15, 0.2) is 10.0 Å². The van der Waals surface area contributed by atoms with Gasteiger partial charge in [-0.3, -0.25) is 14.5 Å². The Kier molecular flexibility index (Phi) is 3.69. The van der Waals surface area contributed by atoms with Gasteiger partial charge in [0.25, 0.3) is 0 Å². The maximum Gasteiger partial charge on any atom is 0.335 e. The maximum atomic E-state index is 12.0. The molecule has 6 nitrogen and oxygen atoms in total. The molecule has 0 aromatic heterocycles. The number of hydrogen-bond donors (Lipinski definition) is 1. The summed E-state index contributed by atoms with van der Waals surface area (Å²) in [5.41, 5.74) is 0. The number of fused-ring (bicyclic) bond motifs is 1. The molecule has 0 bridgehead atoms. The third-order valence-electron chi connectivity index (χ3n) is 2.78. The van der Waals surface area contributed by atoms with Crippen molar-refractivity contribution in [3.05, 3.63) is 11.0 Å². The van der Waals surface area contributed by atoms with Crippen molar-refractivity contribution in [3.63, 3.8) is 0 Å². The maximum absolute atomic E-state index is 12.0. The first-order valence-electron chi connectivity index (χ1n) is 5.21. The summed E-state index contributed by atoms with van der Waals surface area (Å²) in [5, 5.41) is 8.50. The lowest BCUT2D eigenvalue weighted by Gasteiger charge is -2.32. The van der Waals surface area contributed by atoms with Gasteiger partial charge in [-0.15, -0.1) is 0 Å². The van der Waals surface area contributed by atoms with Crippen LogP contribution in [0.2, 0.25) is 0 Å². The topological polar surface area (TPSA) is 97.7 Å². The van der Waals surface area contributed by atoms with Gasteiger partial charge < -0.3 is 9.66 Å². The Morgan fingerprint density at radius 1 is 1.67 bits per heavy atom. The van der Waals surface area contributed by atoms with Crippen molar-refractivity contribution in [2.75, 3.05) is 5.75 Å². The van der Waals surface area contributed by atoms with E-state index in [4.69, 9.17) is 5.11 Å². The number of thioether (sulfide) groups is 1. The molecule has 0 saturated carbocycles. The van der Waals surface area contributed by atoms with E-state index in [9.17, 15) is 18.9 Å². The van der Waals surface area contributed by atoms with Gasteiger partial charge in [-0.05, 0) is 6.08 Å². The van der Waals surface area contributed by atoms with Crippen LogP contribution in [0.3, 0.4) is 0 Å². The zero-order valence-electron chi connectivity index (χ0n) is 9.49. The second kappa shape index (κ2) is 4.94. The van der Waals surface area contributed by atoms with Crippen LogP contribution in [0.25, 0.3) is 0 Å². The minimum Gasteiger partial charge on any atom is -0.610 e. The second-order valence-electron chi connectivity index (χ2n) is 3.91. The van der Waals surface area contributed by atoms with Crippen LogP contribution in [0.1, 0.15) is 13.3 Å². The lowest BCUT2D eigenvalue weighted by molar-refractivity contribution is -0.154. The lowest BCUT2D eigenvalue weighted by Crippen LogP contribution is -2.55. The van der Waals surface area contributed by atoms with Gasteiger partial charge >= 0.3 is 5.97 Å². The van der Waals surface area contributed by atoms with E-state index in [-0.39, 0.29) is 28.1 Å². The molecule has 0 spiro atoms. The summed E-state index contributed by atoms with van der Waals surface area (Å²) >= 11 is -0.463. The van der Waals surface area contributed by atoms with Gasteiger partial charge in [-0.25, -0.2) is 4.79 Å².